The highest BCUT2D eigenvalue weighted by Gasteiger charge is 2.12. The number of anilines is 1. The average Bonchev–Trinajstić information content (AvgIpc) is 3.19. The van der Waals surface area contributed by atoms with Gasteiger partial charge in [-0.15, -0.1) is 11.3 Å². The summed E-state index contributed by atoms with van der Waals surface area (Å²) in [4.78, 5) is 13.3. The predicted molar refractivity (Wildman–Crippen MR) is 92.1 cm³/mol. The van der Waals surface area contributed by atoms with Crippen LogP contribution < -0.4 is 10.1 Å². The van der Waals surface area contributed by atoms with E-state index >= 15 is 0 Å². The van der Waals surface area contributed by atoms with Crippen LogP contribution in [0.15, 0.2) is 47.8 Å². The standard InChI is InChI=1S/C17H17N3O2S/c1-11(2)22-13-7-5-12(6-8-13)18-17(21)15-10-14(19-20-15)16-4-3-9-23-16/h3-11H,1-2H3,(H,18,21)(H,19,20). The molecule has 0 aliphatic carbocycles. The molecule has 0 fully saturated rings. The minimum atomic E-state index is -0.249. The van der Waals surface area contributed by atoms with Gasteiger partial charge >= 0.3 is 0 Å². The molecular formula is C17H17N3O2S. The van der Waals surface area contributed by atoms with E-state index in [0.29, 0.717) is 11.4 Å². The average molecular weight is 327 g/mol. The molecule has 118 valence electrons. The van der Waals surface area contributed by atoms with Crippen LogP contribution >= 0.6 is 11.3 Å². The summed E-state index contributed by atoms with van der Waals surface area (Å²) in [5, 5.41) is 11.8. The number of rotatable bonds is 5. The van der Waals surface area contributed by atoms with Gasteiger partial charge in [-0.2, -0.15) is 5.10 Å². The van der Waals surface area contributed by atoms with Crippen LogP contribution in [0.5, 0.6) is 5.75 Å². The Bertz CT molecular complexity index is 777. The number of benzene rings is 1. The summed E-state index contributed by atoms with van der Waals surface area (Å²) in [6.07, 6.45) is 0.121. The van der Waals surface area contributed by atoms with Crippen molar-refractivity contribution in [3.8, 4) is 16.3 Å². The molecule has 1 amide bonds. The van der Waals surface area contributed by atoms with Crippen LogP contribution in [-0.4, -0.2) is 22.2 Å². The van der Waals surface area contributed by atoms with Crippen LogP contribution in [0.2, 0.25) is 0 Å². The molecule has 0 saturated carbocycles. The lowest BCUT2D eigenvalue weighted by Gasteiger charge is -2.10. The van der Waals surface area contributed by atoms with Crippen molar-refractivity contribution in [2.45, 2.75) is 20.0 Å². The largest absolute Gasteiger partial charge is 0.491 e. The van der Waals surface area contributed by atoms with Crippen molar-refractivity contribution in [3.05, 3.63) is 53.5 Å². The predicted octanol–water partition coefficient (Wildman–Crippen LogP) is 4.18. The number of carbonyl (C=O) groups excluding carboxylic acids is 1. The third kappa shape index (κ3) is 3.78. The highest BCUT2D eigenvalue weighted by atomic mass is 32.1. The number of nitrogens with zero attached hydrogens (tertiary/aromatic N) is 1. The Labute approximate surface area is 138 Å². The summed E-state index contributed by atoms with van der Waals surface area (Å²) in [6, 6.07) is 13.0. The van der Waals surface area contributed by atoms with E-state index in [1.54, 1.807) is 17.4 Å². The van der Waals surface area contributed by atoms with Gasteiger partial charge < -0.3 is 10.1 Å². The molecule has 2 heterocycles. The third-order valence-electron chi connectivity index (χ3n) is 3.08. The molecule has 0 bridgehead atoms. The highest BCUT2D eigenvalue weighted by Crippen LogP contribution is 2.23. The molecule has 6 heteroatoms. The highest BCUT2D eigenvalue weighted by molar-refractivity contribution is 7.13. The van der Waals surface area contributed by atoms with Gasteiger partial charge in [0.25, 0.3) is 5.91 Å². The Kier molecular flexibility index (Phi) is 4.43. The molecule has 0 spiro atoms. The lowest BCUT2D eigenvalue weighted by molar-refractivity contribution is 0.102. The van der Waals surface area contributed by atoms with Gasteiger partial charge in [0.2, 0.25) is 0 Å². The van der Waals surface area contributed by atoms with E-state index in [-0.39, 0.29) is 12.0 Å². The van der Waals surface area contributed by atoms with Gasteiger partial charge in [0, 0.05) is 5.69 Å². The van der Waals surface area contributed by atoms with Gasteiger partial charge in [-0.25, -0.2) is 0 Å². The van der Waals surface area contributed by atoms with Crippen LogP contribution in [0.25, 0.3) is 10.6 Å². The molecule has 0 aliphatic rings. The fraction of sp³-hybridized carbons (Fsp3) is 0.176. The minimum absolute atomic E-state index is 0.121. The molecule has 0 saturated heterocycles. The zero-order valence-corrected chi connectivity index (χ0v) is 13.7. The second kappa shape index (κ2) is 6.66. The molecule has 0 unspecified atom stereocenters. The Hall–Kier alpha value is -2.60. The van der Waals surface area contributed by atoms with Crippen LogP contribution in [-0.2, 0) is 0 Å². The van der Waals surface area contributed by atoms with Crippen molar-refractivity contribution in [1.82, 2.24) is 10.2 Å². The summed E-state index contributed by atoms with van der Waals surface area (Å²) < 4.78 is 5.57. The van der Waals surface area contributed by atoms with Crippen molar-refractivity contribution < 1.29 is 9.53 Å². The van der Waals surface area contributed by atoms with Crippen LogP contribution in [0.4, 0.5) is 5.69 Å². The maximum atomic E-state index is 12.2. The Morgan fingerprint density at radius 2 is 2.04 bits per heavy atom. The topological polar surface area (TPSA) is 67.0 Å². The van der Waals surface area contributed by atoms with E-state index in [4.69, 9.17) is 4.74 Å². The number of hydrogen-bond acceptors (Lipinski definition) is 4. The van der Waals surface area contributed by atoms with Crippen LogP contribution in [0, 0.1) is 0 Å². The lowest BCUT2D eigenvalue weighted by Crippen LogP contribution is -2.12. The van der Waals surface area contributed by atoms with E-state index in [1.807, 2.05) is 55.6 Å². The molecule has 23 heavy (non-hydrogen) atoms. The maximum absolute atomic E-state index is 12.2. The number of carbonyl (C=O) groups is 1. The summed E-state index contributed by atoms with van der Waals surface area (Å²) in [5.41, 5.74) is 1.90. The summed E-state index contributed by atoms with van der Waals surface area (Å²) >= 11 is 1.59. The number of ether oxygens (including phenoxy) is 1. The smallest absolute Gasteiger partial charge is 0.276 e. The molecule has 2 N–H and O–H groups in total. The second-order valence-corrected chi connectivity index (χ2v) is 6.24. The first-order chi connectivity index (χ1) is 11.1. The number of thiophene rings is 1. The minimum Gasteiger partial charge on any atom is -0.491 e. The van der Waals surface area contributed by atoms with Gasteiger partial charge in [-0.3, -0.25) is 9.89 Å². The molecule has 5 nitrogen and oxygen atoms in total. The summed E-state index contributed by atoms with van der Waals surface area (Å²) in [6.45, 7) is 3.94. The number of H-pyrrole nitrogens is 1. The van der Waals surface area contributed by atoms with E-state index in [9.17, 15) is 4.79 Å². The number of hydrogen-bond donors (Lipinski definition) is 2. The fourth-order valence-corrected chi connectivity index (χ4v) is 2.77. The van der Waals surface area contributed by atoms with Crippen molar-refractivity contribution >= 4 is 22.9 Å². The molecular weight excluding hydrogens is 310 g/mol. The van der Waals surface area contributed by atoms with E-state index in [0.717, 1.165) is 16.3 Å². The van der Waals surface area contributed by atoms with E-state index in [1.165, 1.54) is 0 Å². The maximum Gasteiger partial charge on any atom is 0.276 e. The molecule has 0 radical (unpaired) electrons. The Balaban J connectivity index is 1.67. The summed E-state index contributed by atoms with van der Waals surface area (Å²) in [7, 11) is 0. The zero-order valence-electron chi connectivity index (χ0n) is 12.9. The van der Waals surface area contributed by atoms with Gasteiger partial charge in [-0.1, -0.05) is 6.07 Å². The fourth-order valence-electron chi connectivity index (χ4n) is 2.08. The molecule has 2 aromatic heterocycles. The van der Waals surface area contributed by atoms with E-state index < -0.39 is 0 Å². The normalized spacial score (nSPS) is 10.7. The van der Waals surface area contributed by atoms with Crippen LogP contribution in [0.1, 0.15) is 24.3 Å². The van der Waals surface area contributed by atoms with Crippen molar-refractivity contribution in [2.75, 3.05) is 5.32 Å². The monoisotopic (exact) mass is 327 g/mol. The first-order valence-electron chi connectivity index (χ1n) is 7.29. The molecule has 0 aliphatic heterocycles. The first kappa shape index (κ1) is 15.3. The number of aromatic amines is 1. The van der Waals surface area contributed by atoms with Gasteiger partial charge in [0.15, 0.2) is 5.69 Å². The first-order valence-corrected chi connectivity index (χ1v) is 8.17. The van der Waals surface area contributed by atoms with Gasteiger partial charge in [0.1, 0.15) is 5.75 Å². The molecule has 0 atom stereocenters. The zero-order chi connectivity index (χ0) is 16.2. The quantitative estimate of drug-likeness (QED) is 0.739. The number of nitrogens with one attached hydrogen (secondary N) is 2. The molecule has 3 aromatic rings. The number of amides is 1. The van der Waals surface area contributed by atoms with Gasteiger partial charge in [-0.05, 0) is 55.6 Å². The number of aromatic nitrogens is 2. The van der Waals surface area contributed by atoms with Crippen molar-refractivity contribution in [3.63, 3.8) is 0 Å². The van der Waals surface area contributed by atoms with Crippen molar-refractivity contribution in [2.24, 2.45) is 0 Å². The Morgan fingerprint density at radius 1 is 1.26 bits per heavy atom. The third-order valence-corrected chi connectivity index (χ3v) is 3.98. The van der Waals surface area contributed by atoms with Crippen LogP contribution in [0.3, 0.4) is 0 Å². The second-order valence-electron chi connectivity index (χ2n) is 5.29. The summed E-state index contributed by atoms with van der Waals surface area (Å²) in [5.74, 6) is 0.527. The Morgan fingerprint density at radius 3 is 2.70 bits per heavy atom. The van der Waals surface area contributed by atoms with E-state index in [2.05, 4.69) is 15.5 Å². The SMILES string of the molecule is CC(C)Oc1ccc(NC(=O)c2cc(-c3cccs3)[nH]n2)cc1. The lowest BCUT2D eigenvalue weighted by atomic mass is 10.2. The van der Waals surface area contributed by atoms with Gasteiger partial charge in [0.05, 0.1) is 16.7 Å². The van der Waals surface area contributed by atoms with Crippen molar-refractivity contribution in [1.29, 1.82) is 0 Å². The molecule has 1 aromatic carbocycles. The molecule has 3 rings (SSSR count).